The number of amides is 1. The third kappa shape index (κ3) is 4.62. The lowest BCUT2D eigenvalue weighted by Crippen LogP contribution is -2.48. The Labute approximate surface area is 157 Å². The molecule has 0 saturated carbocycles. The first-order valence-corrected chi connectivity index (χ1v) is 9.71. The minimum absolute atomic E-state index is 0.0794. The van der Waals surface area contributed by atoms with Gasteiger partial charge in [-0.1, -0.05) is 30.0 Å². The molecule has 1 amide bonds. The smallest absolute Gasteiger partial charge is 0.233 e. The number of carbonyl (C=O) groups is 1. The van der Waals surface area contributed by atoms with E-state index in [4.69, 9.17) is 0 Å². The number of hydrogen-bond donors (Lipinski definition) is 0. The summed E-state index contributed by atoms with van der Waals surface area (Å²) >= 11 is 1.39. The molecule has 0 spiro atoms. The predicted octanol–water partition coefficient (Wildman–Crippen LogP) is 2.17. The van der Waals surface area contributed by atoms with Gasteiger partial charge < -0.3 is 9.47 Å². The van der Waals surface area contributed by atoms with Crippen molar-refractivity contribution in [1.82, 2.24) is 24.6 Å². The highest BCUT2D eigenvalue weighted by Crippen LogP contribution is 2.20. The number of aromatic nitrogens is 3. The number of likely N-dealkylation sites (tertiary alicyclic amines) is 1. The molecule has 26 heavy (non-hydrogen) atoms. The van der Waals surface area contributed by atoms with E-state index in [2.05, 4.69) is 15.1 Å². The quantitative estimate of drug-likeness (QED) is 0.722. The summed E-state index contributed by atoms with van der Waals surface area (Å²) in [5.74, 6) is 0.252. The molecule has 8 heteroatoms. The molecule has 0 bridgehead atoms. The Morgan fingerprint density at radius 3 is 2.96 bits per heavy atom. The molecule has 0 N–H and O–H groups in total. The summed E-state index contributed by atoms with van der Waals surface area (Å²) in [6, 6.07) is 7.04. The molecule has 2 heterocycles. The highest BCUT2D eigenvalue weighted by atomic mass is 32.2. The van der Waals surface area contributed by atoms with Gasteiger partial charge in [0.2, 0.25) is 5.91 Å². The van der Waals surface area contributed by atoms with Gasteiger partial charge in [-0.05, 0) is 25.5 Å². The second kappa shape index (κ2) is 8.64. The zero-order chi connectivity index (χ0) is 18.5. The fourth-order valence-electron chi connectivity index (χ4n) is 3.19. The Morgan fingerprint density at radius 1 is 1.42 bits per heavy atom. The van der Waals surface area contributed by atoms with Crippen LogP contribution in [0.2, 0.25) is 0 Å². The molecule has 0 radical (unpaired) electrons. The number of piperidine rings is 1. The number of hydrogen-bond acceptors (Lipinski definition) is 5. The van der Waals surface area contributed by atoms with Crippen LogP contribution in [0.25, 0.3) is 0 Å². The molecule has 140 valence electrons. The van der Waals surface area contributed by atoms with Crippen molar-refractivity contribution >= 4 is 17.7 Å². The molecule has 1 unspecified atom stereocenters. The topological polar surface area (TPSA) is 54.3 Å². The fourth-order valence-corrected chi connectivity index (χ4v) is 4.01. The van der Waals surface area contributed by atoms with Crippen LogP contribution in [-0.4, -0.2) is 62.4 Å². The van der Waals surface area contributed by atoms with Crippen molar-refractivity contribution < 1.29 is 9.18 Å². The zero-order valence-corrected chi connectivity index (χ0v) is 16.0. The number of rotatable bonds is 6. The molecule has 2 aromatic rings. The van der Waals surface area contributed by atoms with Crippen LogP contribution in [0.15, 0.2) is 35.7 Å². The number of thioether (sulfide) groups is 1. The summed E-state index contributed by atoms with van der Waals surface area (Å²) in [4.78, 5) is 16.6. The maximum absolute atomic E-state index is 13.9. The summed E-state index contributed by atoms with van der Waals surface area (Å²) in [6.07, 6.45) is 3.61. The van der Waals surface area contributed by atoms with Gasteiger partial charge in [-0.15, -0.1) is 10.2 Å². The molecular weight excluding hydrogens is 353 g/mol. The Hall–Kier alpha value is -1.93. The minimum Gasteiger partial charge on any atom is -0.341 e. The average molecular weight is 377 g/mol. The number of aryl methyl sites for hydroxylation is 1. The normalized spacial score (nSPS) is 18.0. The predicted molar refractivity (Wildman–Crippen MR) is 99.2 cm³/mol. The summed E-state index contributed by atoms with van der Waals surface area (Å²) in [7, 11) is 3.72. The Kier molecular flexibility index (Phi) is 6.26. The van der Waals surface area contributed by atoms with Crippen molar-refractivity contribution in [3.63, 3.8) is 0 Å². The second-order valence-electron chi connectivity index (χ2n) is 6.64. The Balaban J connectivity index is 1.53. The third-order valence-corrected chi connectivity index (χ3v) is 5.79. The first-order valence-electron chi connectivity index (χ1n) is 8.73. The third-order valence-electron chi connectivity index (χ3n) is 4.77. The number of nitrogens with zero attached hydrogens (tertiary/aromatic N) is 5. The number of likely N-dealkylation sites (N-methyl/N-ethyl adjacent to an activating group) is 1. The van der Waals surface area contributed by atoms with Crippen LogP contribution in [-0.2, 0) is 18.4 Å². The number of benzene rings is 1. The fraction of sp³-hybridized carbons (Fsp3) is 0.500. The lowest BCUT2D eigenvalue weighted by atomic mass is 10.0. The van der Waals surface area contributed by atoms with E-state index in [9.17, 15) is 9.18 Å². The summed E-state index contributed by atoms with van der Waals surface area (Å²) in [5, 5.41) is 8.54. The lowest BCUT2D eigenvalue weighted by molar-refractivity contribution is -0.130. The molecule has 1 aliphatic heterocycles. The maximum atomic E-state index is 13.9. The SMILES string of the molecule is CN(C(=O)CSc1nncn1C)C1CCCN(Cc2ccccc2F)C1. The molecule has 0 aliphatic carbocycles. The highest BCUT2D eigenvalue weighted by Gasteiger charge is 2.26. The van der Waals surface area contributed by atoms with Gasteiger partial charge in [0, 0.05) is 38.8 Å². The van der Waals surface area contributed by atoms with E-state index in [1.165, 1.54) is 17.8 Å². The van der Waals surface area contributed by atoms with E-state index in [0.717, 1.165) is 31.1 Å². The van der Waals surface area contributed by atoms with Crippen LogP contribution >= 0.6 is 11.8 Å². The molecular formula is C18H24FN5OS. The van der Waals surface area contributed by atoms with Crippen LogP contribution < -0.4 is 0 Å². The van der Waals surface area contributed by atoms with E-state index in [1.54, 1.807) is 17.0 Å². The van der Waals surface area contributed by atoms with Gasteiger partial charge in [-0.3, -0.25) is 9.69 Å². The summed E-state index contributed by atoms with van der Waals surface area (Å²) in [6.45, 7) is 2.28. The van der Waals surface area contributed by atoms with E-state index in [0.29, 0.717) is 17.9 Å². The largest absolute Gasteiger partial charge is 0.341 e. The van der Waals surface area contributed by atoms with E-state index in [-0.39, 0.29) is 17.8 Å². The zero-order valence-electron chi connectivity index (χ0n) is 15.1. The monoisotopic (exact) mass is 377 g/mol. The van der Waals surface area contributed by atoms with Crippen LogP contribution in [0.3, 0.4) is 0 Å². The molecule has 1 aliphatic rings. The Morgan fingerprint density at radius 2 is 2.23 bits per heavy atom. The first kappa shape index (κ1) is 18.8. The van der Waals surface area contributed by atoms with Gasteiger partial charge in [0.15, 0.2) is 5.16 Å². The molecule has 1 fully saturated rings. The van der Waals surface area contributed by atoms with Gasteiger partial charge in [-0.25, -0.2) is 4.39 Å². The molecule has 1 aromatic heterocycles. The van der Waals surface area contributed by atoms with Crippen LogP contribution in [0, 0.1) is 5.82 Å². The average Bonchev–Trinajstić information content (AvgIpc) is 3.06. The van der Waals surface area contributed by atoms with Crippen molar-refractivity contribution in [2.75, 3.05) is 25.9 Å². The van der Waals surface area contributed by atoms with Gasteiger partial charge in [0.25, 0.3) is 0 Å². The summed E-state index contributed by atoms with van der Waals surface area (Å²) < 4.78 is 15.7. The van der Waals surface area contributed by atoms with Crippen LogP contribution in [0.1, 0.15) is 18.4 Å². The number of carbonyl (C=O) groups excluding carboxylic acids is 1. The molecule has 1 saturated heterocycles. The highest BCUT2D eigenvalue weighted by molar-refractivity contribution is 7.99. The lowest BCUT2D eigenvalue weighted by Gasteiger charge is -2.37. The minimum atomic E-state index is -0.167. The molecule has 3 rings (SSSR count). The van der Waals surface area contributed by atoms with Crippen LogP contribution in [0.4, 0.5) is 4.39 Å². The number of halogens is 1. The van der Waals surface area contributed by atoms with Gasteiger partial charge in [0.1, 0.15) is 12.1 Å². The first-order chi connectivity index (χ1) is 12.5. The van der Waals surface area contributed by atoms with Crippen LogP contribution in [0.5, 0.6) is 0 Å². The van der Waals surface area contributed by atoms with Crippen molar-refractivity contribution in [2.45, 2.75) is 30.6 Å². The van der Waals surface area contributed by atoms with Crippen molar-refractivity contribution in [1.29, 1.82) is 0 Å². The molecule has 1 atom stereocenters. The van der Waals surface area contributed by atoms with Crippen molar-refractivity contribution in [3.8, 4) is 0 Å². The maximum Gasteiger partial charge on any atom is 0.233 e. The second-order valence-corrected chi connectivity index (χ2v) is 7.58. The molecule has 6 nitrogen and oxygen atoms in total. The van der Waals surface area contributed by atoms with E-state index < -0.39 is 0 Å². The van der Waals surface area contributed by atoms with Gasteiger partial charge in [0.05, 0.1) is 5.75 Å². The van der Waals surface area contributed by atoms with Gasteiger partial charge >= 0.3 is 0 Å². The standard InChI is InChI=1S/C18H24FN5OS/c1-22-13-20-21-18(22)26-12-17(25)23(2)15-7-5-9-24(11-15)10-14-6-3-4-8-16(14)19/h3-4,6,8,13,15H,5,7,9-12H2,1-2H3. The summed E-state index contributed by atoms with van der Waals surface area (Å²) in [5.41, 5.74) is 0.708. The van der Waals surface area contributed by atoms with E-state index >= 15 is 0 Å². The Bertz CT molecular complexity index is 753. The molecule has 1 aromatic carbocycles. The van der Waals surface area contributed by atoms with Crippen molar-refractivity contribution in [2.24, 2.45) is 7.05 Å². The van der Waals surface area contributed by atoms with E-state index in [1.807, 2.05) is 31.1 Å². The van der Waals surface area contributed by atoms with Crippen molar-refractivity contribution in [3.05, 3.63) is 42.0 Å². The van der Waals surface area contributed by atoms with Gasteiger partial charge in [-0.2, -0.15) is 0 Å².